The Kier molecular flexibility index (Phi) is 4.73. The van der Waals surface area contributed by atoms with Gasteiger partial charge in [0.05, 0.1) is 27.8 Å². The Labute approximate surface area is 143 Å². The SMILES string of the molecule is O=C(Cc1cnccn1)NC1=NN(c2ccc(Cl)c(Cl)c2)CC1. The number of halogens is 2. The van der Waals surface area contributed by atoms with Gasteiger partial charge in [0.25, 0.3) is 0 Å². The average molecular weight is 350 g/mol. The van der Waals surface area contributed by atoms with Crippen molar-refractivity contribution in [3.63, 3.8) is 0 Å². The number of benzene rings is 1. The normalized spacial score (nSPS) is 13.8. The molecule has 1 aliphatic heterocycles. The fourth-order valence-electron chi connectivity index (χ4n) is 2.17. The van der Waals surface area contributed by atoms with Crippen LogP contribution in [0.25, 0.3) is 0 Å². The van der Waals surface area contributed by atoms with Gasteiger partial charge in [0.15, 0.2) is 0 Å². The van der Waals surface area contributed by atoms with Crippen LogP contribution in [0.2, 0.25) is 10.0 Å². The summed E-state index contributed by atoms with van der Waals surface area (Å²) in [6.45, 7) is 0.665. The molecular formula is C15H13Cl2N5O. The van der Waals surface area contributed by atoms with Crippen molar-refractivity contribution in [1.29, 1.82) is 0 Å². The molecule has 2 aromatic rings. The Morgan fingerprint density at radius 3 is 2.87 bits per heavy atom. The van der Waals surface area contributed by atoms with Crippen molar-refractivity contribution in [2.24, 2.45) is 5.10 Å². The number of hydrazone groups is 1. The molecule has 2 heterocycles. The van der Waals surface area contributed by atoms with Crippen molar-refractivity contribution in [3.8, 4) is 0 Å². The van der Waals surface area contributed by atoms with E-state index in [-0.39, 0.29) is 12.3 Å². The van der Waals surface area contributed by atoms with E-state index < -0.39 is 0 Å². The number of amidine groups is 1. The first kappa shape index (κ1) is 15.7. The fourth-order valence-corrected chi connectivity index (χ4v) is 2.46. The molecule has 8 heteroatoms. The number of aromatic nitrogens is 2. The summed E-state index contributed by atoms with van der Waals surface area (Å²) in [5.41, 5.74) is 1.45. The second-order valence-corrected chi connectivity index (χ2v) is 5.75. The predicted molar refractivity (Wildman–Crippen MR) is 89.7 cm³/mol. The number of nitrogens with zero attached hydrogens (tertiary/aromatic N) is 4. The van der Waals surface area contributed by atoms with Crippen LogP contribution >= 0.6 is 23.2 Å². The van der Waals surface area contributed by atoms with Crippen LogP contribution in [0, 0.1) is 0 Å². The Morgan fingerprint density at radius 1 is 1.26 bits per heavy atom. The molecule has 118 valence electrons. The lowest BCUT2D eigenvalue weighted by molar-refractivity contribution is -0.119. The summed E-state index contributed by atoms with van der Waals surface area (Å²) in [6.07, 6.45) is 5.50. The molecule has 0 saturated carbocycles. The molecule has 1 aliphatic rings. The van der Waals surface area contributed by atoms with Gasteiger partial charge in [-0.1, -0.05) is 23.2 Å². The third-order valence-electron chi connectivity index (χ3n) is 3.25. The number of carbonyl (C=O) groups is 1. The van der Waals surface area contributed by atoms with E-state index in [1.54, 1.807) is 35.7 Å². The molecular weight excluding hydrogens is 337 g/mol. The molecule has 1 N–H and O–H groups in total. The molecule has 0 saturated heterocycles. The van der Waals surface area contributed by atoms with Gasteiger partial charge in [-0.25, -0.2) is 0 Å². The number of rotatable bonds is 3. The smallest absolute Gasteiger partial charge is 0.231 e. The van der Waals surface area contributed by atoms with Gasteiger partial charge < -0.3 is 5.32 Å². The summed E-state index contributed by atoms with van der Waals surface area (Å²) in [5, 5.41) is 9.93. The molecule has 0 bridgehead atoms. The molecule has 0 spiro atoms. The van der Waals surface area contributed by atoms with Crippen LogP contribution < -0.4 is 10.3 Å². The van der Waals surface area contributed by atoms with E-state index in [4.69, 9.17) is 23.2 Å². The van der Waals surface area contributed by atoms with E-state index in [9.17, 15) is 4.79 Å². The highest BCUT2D eigenvalue weighted by atomic mass is 35.5. The van der Waals surface area contributed by atoms with Crippen LogP contribution in [0.4, 0.5) is 5.69 Å². The predicted octanol–water partition coefficient (Wildman–Crippen LogP) is 2.67. The zero-order chi connectivity index (χ0) is 16.2. The fraction of sp³-hybridized carbons (Fsp3) is 0.200. The Hall–Kier alpha value is -2.18. The zero-order valence-corrected chi connectivity index (χ0v) is 13.6. The minimum absolute atomic E-state index is 0.166. The number of nitrogens with one attached hydrogen (secondary N) is 1. The maximum Gasteiger partial charge on any atom is 0.231 e. The molecule has 23 heavy (non-hydrogen) atoms. The van der Waals surface area contributed by atoms with Gasteiger partial charge in [0.2, 0.25) is 5.91 Å². The van der Waals surface area contributed by atoms with Gasteiger partial charge >= 0.3 is 0 Å². The van der Waals surface area contributed by atoms with Gasteiger partial charge in [0, 0.05) is 31.6 Å². The zero-order valence-electron chi connectivity index (χ0n) is 12.0. The lowest BCUT2D eigenvalue weighted by Gasteiger charge is -2.13. The Morgan fingerprint density at radius 2 is 2.13 bits per heavy atom. The standard InChI is InChI=1S/C15H13Cl2N5O/c16-12-2-1-11(8-13(12)17)22-6-3-14(21-22)20-15(23)7-10-9-18-4-5-19-10/h1-2,4-5,8-9H,3,6-7H2,(H,20,21,23). The summed E-state index contributed by atoms with van der Waals surface area (Å²) >= 11 is 11.9. The highest BCUT2D eigenvalue weighted by Gasteiger charge is 2.18. The van der Waals surface area contributed by atoms with E-state index in [0.29, 0.717) is 34.5 Å². The number of hydrogen-bond acceptors (Lipinski definition) is 5. The molecule has 0 atom stereocenters. The molecule has 1 aromatic carbocycles. The van der Waals surface area contributed by atoms with E-state index in [1.807, 2.05) is 6.07 Å². The number of amides is 1. The van der Waals surface area contributed by atoms with E-state index in [0.717, 1.165) is 5.69 Å². The second-order valence-electron chi connectivity index (χ2n) is 4.94. The Bertz CT molecular complexity index is 751. The van der Waals surface area contributed by atoms with Gasteiger partial charge in [-0.15, -0.1) is 0 Å². The quantitative estimate of drug-likeness (QED) is 0.924. The first-order chi connectivity index (χ1) is 11.1. The molecule has 3 rings (SSSR count). The maximum absolute atomic E-state index is 12.0. The van der Waals surface area contributed by atoms with Crippen LogP contribution in [0.15, 0.2) is 41.9 Å². The van der Waals surface area contributed by atoms with Gasteiger partial charge in [-0.2, -0.15) is 5.10 Å². The van der Waals surface area contributed by atoms with Crippen LogP contribution in [0.3, 0.4) is 0 Å². The van der Waals surface area contributed by atoms with Crippen molar-refractivity contribution >= 4 is 40.6 Å². The lowest BCUT2D eigenvalue weighted by Crippen LogP contribution is -2.30. The monoisotopic (exact) mass is 349 g/mol. The van der Waals surface area contributed by atoms with Crippen molar-refractivity contribution in [2.45, 2.75) is 12.8 Å². The van der Waals surface area contributed by atoms with Gasteiger partial charge in [-0.3, -0.25) is 19.8 Å². The first-order valence-electron chi connectivity index (χ1n) is 6.96. The van der Waals surface area contributed by atoms with Crippen LogP contribution in [-0.2, 0) is 11.2 Å². The summed E-state index contributed by atoms with van der Waals surface area (Å²) in [5.74, 6) is 0.449. The number of carbonyl (C=O) groups excluding carboxylic acids is 1. The van der Waals surface area contributed by atoms with E-state index >= 15 is 0 Å². The average Bonchev–Trinajstić information content (AvgIpc) is 2.99. The molecule has 6 nitrogen and oxygen atoms in total. The minimum Gasteiger partial charge on any atom is -0.312 e. The minimum atomic E-state index is -0.166. The van der Waals surface area contributed by atoms with Crippen molar-refractivity contribution in [2.75, 3.05) is 11.6 Å². The molecule has 0 fully saturated rings. The van der Waals surface area contributed by atoms with E-state index in [2.05, 4.69) is 20.4 Å². The number of hydrogen-bond donors (Lipinski definition) is 1. The molecule has 1 amide bonds. The largest absolute Gasteiger partial charge is 0.312 e. The Balaban J connectivity index is 1.63. The molecule has 0 aliphatic carbocycles. The highest BCUT2D eigenvalue weighted by Crippen LogP contribution is 2.28. The second kappa shape index (κ2) is 6.93. The number of anilines is 1. The molecule has 0 radical (unpaired) electrons. The van der Waals surface area contributed by atoms with E-state index in [1.165, 1.54) is 0 Å². The summed E-state index contributed by atoms with van der Waals surface area (Å²) in [7, 11) is 0. The third kappa shape index (κ3) is 3.97. The van der Waals surface area contributed by atoms with Crippen LogP contribution in [-0.4, -0.2) is 28.3 Å². The topological polar surface area (TPSA) is 70.5 Å². The molecule has 0 unspecified atom stereocenters. The first-order valence-corrected chi connectivity index (χ1v) is 7.72. The van der Waals surface area contributed by atoms with Gasteiger partial charge in [-0.05, 0) is 18.2 Å². The van der Waals surface area contributed by atoms with Crippen molar-refractivity contribution < 1.29 is 4.79 Å². The summed E-state index contributed by atoms with van der Waals surface area (Å²) in [4.78, 5) is 20.0. The van der Waals surface area contributed by atoms with Crippen molar-refractivity contribution in [1.82, 2.24) is 15.3 Å². The lowest BCUT2D eigenvalue weighted by atomic mass is 10.3. The van der Waals surface area contributed by atoms with Gasteiger partial charge in [0.1, 0.15) is 5.84 Å². The summed E-state index contributed by atoms with van der Waals surface area (Å²) < 4.78 is 0. The van der Waals surface area contributed by atoms with Crippen LogP contribution in [0.1, 0.15) is 12.1 Å². The molecule has 1 aromatic heterocycles. The van der Waals surface area contributed by atoms with Crippen molar-refractivity contribution in [3.05, 3.63) is 52.5 Å². The summed E-state index contributed by atoms with van der Waals surface area (Å²) in [6, 6.07) is 5.30. The highest BCUT2D eigenvalue weighted by molar-refractivity contribution is 6.42. The van der Waals surface area contributed by atoms with Crippen LogP contribution in [0.5, 0.6) is 0 Å². The maximum atomic E-state index is 12.0. The third-order valence-corrected chi connectivity index (χ3v) is 3.98.